The third-order valence-corrected chi connectivity index (χ3v) is 4.12. The molecule has 1 unspecified atom stereocenters. The summed E-state index contributed by atoms with van der Waals surface area (Å²) in [6.07, 6.45) is -0.250. The fraction of sp³-hybridized carbons (Fsp3) is 0.263. The Morgan fingerprint density at radius 1 is 1.21 bits per heavy atom. The van der Waals surface area contributed by atoms with E-state index in [1.54, 1.807) is 0 Å². The van der Waals surface area contributed by atoms with Gasteiger partial charge < -0.3 is 26.3 Å². The topological polar surface area (TPSA) is 97.3 Å². The van der Waals surface area contributed by atoms with Gasteiger partial charge in [0.2, 0.25) is 0 Å². The summed E-state index contributed by atoms with van der Waals surface area (Å²) in [5.74, 6) is 0. The maximum atomic E-state index is 9.86. The van der Waals surface area contributed by atoms with Gasteiger partial charge in [-0.15, -0.1) is 0 Å². The second-order valence-corrected chi connectivity index (χ2v) is 5.80. The lowest BCUT2D eigenvalue weighted by Gasteiger charge is -2.10. The molecule has 5 heteroatoms. The van der Waals surface area contributed by atoms with E-state index in [9.17, 15) is 5.11 Å². The first kappa shape index (κ1) is 16.5. The molecule has 3 rings (SSSR count). The summed E-state index contributed by atoms with van der Waals surface area (Å²) in [6, 6.07) is 13.7. The highest BCUT2D eigenvalue weighted by Gasteiger charge is 2.14. The van der Waals surface area contributed by atoms with E-state index in [1.165, 1.54) is 0 Å². The number of rotatable bonds is 6. The molecule has 0 spiro atoms. The van der Waals surface area contributed by atoms with Crippen molar-refractivity contribution in [3.8, 4) is 11.1 Å². The fourth-order valence-corrected chi connectivity index (χ4v) is 2.96. The van der Waals surface area contributed by atoms with Crippen molar-refractivity contribution < 1.29 is 9.84 Å². The number of aromatic amines is 1. The molecular formula is C19H23N3O2. The van der Waals surface area contributed by atoms with E-state index >= 15 is 0 Å². The lowest BCUT2D eigenvalue weighted by atomic mass is 9.98. The molecule has 0 saturated heterocycles. The van der Waals surface area contributed by atoms with Gasteiger partial charge in [-0.1, -0.05) is 24.3 Å². The van der Waals surface area contributed by atoms with Gasteiger partial charge in [0.05, 0.1) is 12.1 Å². The van der Waals surface area contributed by atoms with Crippen LogP contribution in [0.4, 0.5) is 5.69 Å². The van der Waals surface area contributed by atoms with Gasteiger partial charge in [0.15, 0.2) is 0 Å². The number of hydrogen-bond acceptors (Lipinski definition) is 4. The monoisotopic (exact) mass is 325 g/mol. The zero-order valence-corrected chi connectivity index (χ0v) is 13.8. The van der Waals surface area contributed by atoms with Gasteiger partial charge in [0.25, 0.3) is 0 Å². The van der Waals surface area contributed by atoms with Crippen molar-refractivity contribution in [2.45, 2.75) is 19.6 Å². The first-order chi connectivity index (χ1) is 11.6. The lowest BCUT2D eigenvalue weighted by Crippen LogP contribution is -2.09. The minimum atomic E-state index is -1.03. The Balaban J connectivity index is 2.11. The van der Waals surface area contributed by atoms with Crippen molar-refractivity contribution in [1.29, 1.82) is 0 Å². The van der Waals surface area contributed by atoms with Crippen molar-refractivity contribution in [3.05, 3.63) is 53.7 Å². The summed E-state index contributed by atoms with van der Waals surface area (Å²) >= 11 is 0. The summed E-state index contributed by atoms with van der Waals surface area (Å²) in [6.45, 7) is 3.32. The van der Waals surface area contributed by atoms with Crippen LogP contribution < -0.4 is 11.5 Å². The highest BCUT2D eigenvalue weighted by Crippen LogP contribution is 2.33. The molecule has 0 aliphatic rings. The highest BCUT2D eigenvalue weighted by molar-refractivity contribution is 5.98. The average Bonchev–Trinajstić information content (AvgIpc) is 2.97. The quantitative estimate of drug-likeness (QED) is 0.318. The molecule has 1 atom stereocenters. The average molecular weight is 325 g/mol. The van der Waals surface area contributed by atoms with Gasteiger partial charge in [0, 0.05) is 35.4 Å². The molecule has 0 saturated carbocycles. The third kappa shape index (κ3) is 3.28. The van der Waals surface area contributed by atoms with Crippen LogP contribution in [-0.2, 0) is 11.2 Å². The van der Waals surface area contributed by atoms with Crippen LogP contribution in [0.3, 0.4) is 0 Å². The van der Waals surface area contributed by atoms with Crippen LogP contribution in [0.2, 0.25) is 0 Å². The number of H-pyrrole nitrogens is 1. The Morgan fingerprint density at radius 2 is 2.04 bits per heavy atom. The van der Waals surface area contributed by atoms with E-state index in [2.05, 4.69) is 11.1 Å². The van der Waals surface area contributed by atoms with Crippen LogP contribution in [0.5, 0.6) is 0 Å². The summed E-state index contributed by atoms with van der Waals surface area (Å²) in [5.41, 5.74) is 17.0. The van der Waals surface area contributed by atoms with Gasteiger partial charge in [-0.2, -0.15) is 0 Å². The Morgan fingerprint density at radius 3 is 2.75 bits per heavy atom. The zero-order valence-electron chi connectivity index (χ0n) is 13.8. The van der Waals surface area contributed by atoms with Crippen LogP contribution in [0, 0.1) is 0 Å². The molecule has 1 heterocycles. The maximum Gasteiger partial charge on any atom is 0.130 e. The standard InChI is InChI=1S/C19H23N3O2/c1-2-24-9-8-14-11-17-15(12-4-3-5-13(20)10-12)6-7-16(19(21)23)18(17)22-14/h3-7,10-11,19,22-23H,2,8-9,20-21H2,1H3. The third-order valence-electron chi connectivity index (χ3n) is 4.12. The van der Waals surface area contributed by atoms with E-state index in [1.807, 2.05) is 43.3 Å². The largest absolute Gasteiger partial charge is 0.399 e. The van der Waals surface area contributed by atoms with Crippen molar-refractivity contribution >= 4 is 16.6 Å². The molecule has 5 nitrogen and oxygen atoms in total. The minimum absolute atomic E-state index is 0.650. The minimum Gasteiger partial charge on any atom is -0.399 e. The molecule has 0 aliphatic carbocycles. The number of anilines is 1. The first-order valence-corrected chi connectivity index (χ1v) is 8.12. The number of benzene rings is 2. The first-order valence-electron chi connectivity index (χ1n) is 8.12. The number of ether oxygens (including phenoxy) is 1. The predicted octanol–water partition coefficient (Wildman–Crippen LogP) is 2.95. The number of aromatic nitrogens is 1. The molecule has 1 aromatic heterocycles. The Labute approximate surface area is 141 Å². The van der Waals surface area contributed by atoms with Gasteiger partial charge in [-0.05, 0) is 36.2 Å². The second kappa shape index (κ2) is 7.05. The molecule has 6 N–H and O–H groups in total. The van der Waals surface area contributed by atoms with Crippen molar-refractivity contribution in [3.63, 3.8) is 0 Å². The summed E-state index contributed by atoms with van der Waals surface area (Å²) in [4.78, 5) is 3.38. The van der Waals surface area contributed by atoms with E-state index in [-0.39, 0.29) is 0 Å². The molecule has 0 amide bonds. The predicted molar refractivity (Wildman–Crippen MR) is 97.5 cm³/mol. The molecule has 126 valence electrons. The summed E-state index contributed by atoms with van der Waals surface area (Å²) < 4.78 is 5.43. The molecule has 0 bridgehead atoms. The van der Waals surface area contributed by atoms with Gasteiger partial charge >= 0.3 is 0 Å². The number of nitrogens with one attached hydrogen (secondary N) is 1. The van der Waals surface area contributed by atoms with Gasteiger partial charge in [0.1, 0.15) is 6.23 Å². The Bertz CT molecular complexity index is 840. The highest BCUT2D eigenvalue weighted by atomic mass is 16.5. The smallest absolute Gasteiger partial charge is 0.130 e. The van der Waals surface area contributed by atoms with Crippen LogP contribution in [0.15, 0.2) is 42.5 Å². The van der Waals surface area contributed by atoms with E-state index < -0.39 is 6.23 Å². The lowest BCUT2D eigenvalue weighted by molar-refractivity contribution is 0.150. The molecule has 24 heavy (non-hydrogen) atoms. The fourth-order valence-electron chi connectivity index (χ4n) is 2.96. The van der Waals surface area contributed by atoms with Crippen LogP contribution in [-0.4, -0.2) is 23.3 Å². The van der Waals surface area contributed by atoms with Crippen LogP contribution >= 0.6 is 0 Å². The normalized spacial score (nSPS) is 12.6. The van der Waals surface area contributed by atoms with Gasteiger partial charge in [-0.3, -0.25) is 0 Å². The van der Waals surface area contributed by atoms with Gasteiger partial charge in [-0.25, -0.2) is 0 Å². The van der Waals surface area contributed by atoms with Crippen molar-refractivity contribution in [2.24, 2.45) is 5.73 Å². The number of hydrogen-bond donors (Lipinski definition) is 4. The van der Waals surface area contributed by atoms with E-state index in [0.717, 1.165) is 39.8 Å². The Hall–Kier alpha value is -2.34. The number of aliphatic hydroxyl groups is 1. The molecule has 3 aromatic rings. The molecular weight excluding hydrogens is 302 g/mol. The molecule has 0 radical (unpaired) electrons. The second-order valence-electron chi connectivity index (χ2n) is 5.80. The molecule has 2 aromatic carbocycles. The Kier molecular flexibility index (Phi) is 4.85. The van der Waals surface area contributed by atoms with Crippen molar-refractivity contribution in [1.82, 2.24) is 4.98 Å². The number of nitrogens with two attached hydrogens (primary N) is 2. The summed E-state index contributed by atoms with van der Waals surface area (Å²) in [7, 11) is 0. The summed E-state index contributed by atoms with van der Waals surface area (Å²) in [5, 5.41) is 10.9. The van der Waals surface area contributed by atoms with Crippen LogP contribution in [0.1, 0.15) is 24.4 Å². The SMILES string of the molecule is CCOCCc1cc2c(-c3cccc(N)c3)ccc(C(N)O)c2[nH]1. The van der Waals surface area contributed by atoms with Crippen molar-refractivity contribution in [2.75, 3.05) is 18.9 Å². The zero-order chi connectivity index (χ0) is 17.1. The van der Waals surface area contributed by atoms with Crippen LogP contribution in [0.25, 0.3) is 22.0 Å². The number of fused-ring (bicyclic) bond motifs is 1. The molecule has 0 aliphatic heterocycles. The number of nitrogen functional groups attached to an aromatic ring is 1. The molecule has 0 fully saturated rings. The van der Waals surface area contributed by atoms with E-state index in [0.29, 0.717) is 18.8 Å². The maximum absolute atomic E-state index is 9.86. The number of aliphatic hydroxyl groups excluding tert-OH is 1. The van der Waals surface area contributed by atoms with E-state index in [4.69, 9.17) is 16.2 Å².